The average molecular weight is 472 g/mol. The molecule has 2 atom stereocenters. The second kappa shape index (κ2) is 16.0. The Morgan fingerprint density at radius 3 is 2.32 bits per heavy atom. The number of guanidine groups is 1. The van der Waals surface area contributed by atoms with E-state index in [0.717, 1.165) is 58.1 Å². The van der Waals surface area contributed by atoms with E-state index in [1.54, 1.807) is 14.2 Å². The number of aliphatic imine (C=N–C) groups is 1. The fourth-order valence-corrected chi connectivity index (χ4v) is 2.82. The van der Waals surface area contributed by atoms with Gasteiger partial charge < -0.3 is 24.8 Å². The predicted octanol–water partition coefficient (Wildman–Crippen LogP) is 1.32. The molecular formula is C17H37IN4O3. The van der Waals surface area contributed by atoms with E-state index >= 15 is 0 Å². The van der Waals surface area contributed by atoms with Crippen molar-refractivity contribution in [2.45, 2.75) is 38.9 Å². The zero-order chi connectivity index (χ0) is 17.6. The number of hydrogen-bond donors (Lipinski definition) is 2. The maximum Gasteiger partial charge on any atom is 0.190 e. The summed E-state index contributed by atoms with van der Waals surface area (Å²) in [7, 11) is 3.48. The lowest BCUT2D eigenvalue weighted by atomic mass is 10.2. The number of rotatable bonds is 11. The van der Waals surface area contributed by atoms with E-state index < -0.39 is 0 Å². The van der Waals surface area contributed by atoms with Gasteiger partial charge in [0.1, 0.15) is 0 Å². The minimum atomic E-state index is 0. The molecule has 0 aromatic heterocycles. The van der Waals surface area contributed by atoms with Crippen molar-refractivity contribution in [3.05, 3.63) is 0 Å². The Labute approximate surface area is 170 Å². The molecule has 0 amide bonds. The largest absolute Gasteiger partial charge is 0.382 e. The molecule has 1 aliphatic heterocycles. The molecule has 2 N–H and O–H groups in total. The molecule has 0 saturated carbocycles. The molecule has 0 aromatic carbocycles. The monoisotopic (exact) mass is 472 g/mol. The van der Waals surface area contributed by atoms with Gasteiger partial charge in [0.2, 0.25) is 0 Å². The fraction of sp³-hybridized carbons (Fsp3) is 0.941. The number of nitrogens with zero attached hydrogens (tertiary/aromatic N) is 2. The van der Waals surface area contributed by atoms with Gasteiger partial charge in [-0.15, -0.1) is 24.0 Å². The van der Waals surface area contributed by atoms with Crippen LogP contribution in [0.5, 0.6) is 0 Å². The lowest BCUT2D eigenvalue weighted by Gasteiger charge is -2.35. The summed E-state index contributed by atoms with van der Waals surface area (Å²) in [6, 6.07) is 0. The Bertz CT molecular complexity index is 338. The first-order chi connectivity index (χ1) is 11.7. The number of hydrogen-bond acceptors (Lipinski definition) is 5. The van der Waals surface area contributed by atoms with Gasteiger partial charge in [0.25, 0.3) is 0 Å². The summed E-state index contributed by atoms with van der Waals surface area (Å²) in [4.78, 5) is 6.72. The van der Waals surface area contributed by atoms with Crippen LogP contribution in [-0.2, 0) is 14.2 Å². The SMILES string of the molecule is CN=C(NCCCOCCOC)NCCCN1CC(C)OC(C)C1.I. The minimum absolute atomic E-state index is 0. The highest BCUT2D eigenvalue weighted by atomic mass is 127. The van der Waals surface area contributed by atoms with Gasteiger partial charge in [-0.3, -0.25) is 9.89 Å². The molecule has 1 saturated heterocycles. The van der Waals surface area contributed by atoms with Crippen LogP contribution in [0.4, 0.5) is 0 Å². The molecule has 0 radical (unpaired) electrons. The molecule has 1 fully saturated rings. The quantitative estimate of drug-likeness (QED) is 0.205. The smallest absolute Gasteiger partial charge is 0.190 e. The molecule has 0 bridgehead atoms. The van der Waals surface area contributed by atoms with Gasteiger partial charge in [-0.25, -0.2) is 0 Å². The fourth-order valence-electron chi connectivity index (χ4n) is 2.82. The van der Waals surface area contributed by atoms with Crippen LogP contribution < -0.4 is 10.6 Å². The molecular weight excluding hydrogens is 435 g/mol. The first-order valence-corrected chi connectivity index (χ1v) is 9.04. The maximum atomic E-state index is 5.76. The topological polar surface area (TPSA) is 67.4 Å². The Morgan fingerprint density at radius 2 is 1.72 bits per heavy atom. The highest BCUT2D eigenvalue weighted by Crippen LogP contribution is 2.10. The Kier molecular flexibility index (Phi) is 15.9. The Balaban J connectivity index is 0.00000576. The van der Waals surface area contributed by atoms with E-state index in [9.17, 15) is 0 Å². The molecule has 150 valence electrons. The van der Waals surface area contributed by atoms with Gasteiger partial charge >= 0.3 is 0 Å². The minimum Gasteiger partial charge on any atom is -0.382 e. The lowest BCUT2D eigenvalue weighted by Crippen LogP contribution is -2.46. The average Bonchev–Trinajstić information content (AvgIpc) is 2.55. The van der Waals surface area contributed by atoms with Gasteiger partial charge in [-0.1, -0.05) is 0 Å². The summed E-state index contributed by atoms with van der Waals surface area (Å²) >= 11 is 0. The molecule has 7 nitrogen and oxygen atoms in total. The number of methoxy groups -OCH3 is 1. The number of morpholine rings is 1. The summed E-state index contributed by atoms with van der Waals surface area (Å²) in [6.07, 6.45) is 2.72. The van der Waals surface area contributed by atoms with E-state index in [1.165, 1.54) is 0 Å². The van der Waals surface area contributed by atoms with Crippen molar-refractivity contribution in [2.75, 3.05) is 66.7 Å². The van der Waals surface area contributed by atoms with Crippen molar-refractivity contribution in [1.82, 2.24) is 15.5 Å². The Morgan fingerprint density at radius 1 is 1.08 bits per heavy atom. The molecule has 8 heteroatoms. The van der Waals surface area contributed by atoms with Crippen molar-refractivity contribution in [3.8, 4) is 0 Å². The second-order valence-corrected chi connectivity index (χ2v) is 6.25. The third-order valence-electron chi connectivity index (χ3n) is 3.85. The van der Waals surface area contributed by atoms with Crippen LogP contribution in [-0.4, -0.2) is 89.8 Å². The summed E-state index contributed by atoms with van der Waals surface area (Å²) in [6.45, 7) is 11.3. The third-order valence-corrected chi connectivity index (χ3v) is 3.85. The summed E-state index contributed by atoms with van der Waals surface area (Å²) < 4.78 is 16.1. The Hall–Kier alpha value is -0.160. The van der Waals surface area contributed by atoms with Crippen LogP contribution in [0, 0.1) is 0 Å². The maximum absolute atomic E-state index is 5.76. The van der Waals surface area contributed by atoms with E-state index in [2.05, 4.69) is 34.4 Å². The number of nitrogens with one attached hydrogen (secondary N) is 2. The number of halogens is 1. The van der Waals surface area contributed by atoms with Gasteiger partial charge in [0.15, 0.2) is 5.96 Å². The molecule has 25 heavy (non-hydrogen) atoms. The molecule has 1 heterocycles. The van der Waals surface area contributed by atoms with E-state index in [-0.39, 0.29) is 24.0 Å². The third kappa shape index (κ3) is 12.8. The normalized spacial score (nSPS) is 21.7. The van der Waals surface area contributed by atoms with Crippen molar-refractivity contribution < 1.29 is 14.2 Å². The summed E-state index contributed by atoms with van der Waals surface area (Å²) in [5.74, 6) is 0.857. The van der Waals surface area contributed by atoms with Crippen LogP contribution in [0.15, 0.2) is 4.99 Å². The first kappa shape index (κ1) is 24.8. The predicted molar refractivity (Wildman–Crippen MR) is 113 cm³/mol. The first-order valence-electron chi connectivity index (χ1n) is 9.04. The molecule has 0 aliphatic carbocycles. The van der Waals surface area contributed by atoms with E-state index in [0.29, 0.717) is 25.4 Å². The summed E-state index contributed by atoms with van der Waals surface area (Å²) in [5, 5.41) is 6.67. The van der Waals surface area contributed by atoms with Crippen LogP contribution >= 0.6 is 24.0 Å². The van der Waals surface area contributed by atoms with Gasteiger partial charge in [0, 0.05) is 53.5 Å². The highest BCUT2D eigenvalue weighted by Gasteiger charge is 2.21. The number of ether oxygens (including phenoxy) is 3. The van der Waals surface area contributed by atoms with Crippen molar-refractivity contribution >= 4 is 29.9 Å². The van der Waals surface area contributed by atoms with Gasteiger partial charge in [-0.05, 0) is 26.7 Å². The van der Waals surface area contributed by atoms with E-state index in [1.807, 2.05) is 0 Å². The lowest BCUT2D eigenvalue weighted by molar-refractivity contribution is -0.0679. The summed E-state index contributed by atoms with van der Waals surface area (Å²) in [5.41, 5.74) is 0. The molecule has 2 unspecified atom stereocenters. The zero-order valence-corrected chi connectivity index (χ0v) is 18.6. The molecule has 0 aromatic rings. The zero-order valence-electron chi connectivity index (χ0n) is 16.3. The second-order valence-electron chi connectivity index (χ2n) is 6.25. The van der Waals surface area contributed by atoms with Crippen LogP contribution in [0.3, 0.4) is 0 Å². The van der Waals surface area contributed by atoms with Crippen LogP contribution in [0.2, 0.25) is 0 Å². The molecule has 1 aliphatic rings. The highest BCUT2D eigenvalue weighted by molar-refractivity contribution is 14.0. The van der Waals surface area contributed by atoms with Crippen molar-refractivity contribution in [3.63, 3.8) is 0 Å². The van der Waals surface area contributed by atoms with Crippen LogP contribution in [0.25, 0.3) is 0 Å². The van der Waals surface area contributed by atoms with Crippen LogP contribution in [0.1, 0.15) is 26.7 Å². The van der Waals surface area contributed by atoms with Gasteiger partial charge in [0.05, 0.1) is 25.4 Å². The van der Waals surface area contributed by atoms with Crippen molar-refractivity contribution in [1.29, 1.82) is 0 Å². The molecule has 0 spiro atoms. The van der Waals surface area contributed by atoms with E-state index in [4.69, 9.17) is 14.2 Å². The van der Waals surface area contributed by atoms with Gasteiger partial charge in [-0.2, -0.15) is 0 Å². The standard InChI is InChI=1S/C17H36N4O3.HI/c1-15-13-21(14-16(2)24-15)9-5-7-19-17(18-3)20-8-6-10-23-12-11-22-4;/h15-16H,5-14H2,1-4H3,(H2,18,19,20);1H. The molecule has 1 rings (SSSR count). The van der Waals surface area contributed by atoms with Crippen molar-refractivity contribution in [2.24, 2.45) is 4.99 Å².